The highest BCUT2D eigenvalue weighted by Crippen LogP contribution is 2.28. The molecule has 0 saturated heterocycles. The zero-order valence-electron chi connectivity index (χ0n) is 17.4. The maximum absolute atomic E-state index is 14.7. The van der Waals surface area contributed by atoms with Crippen LogP contribution in [0.4, 0.5) is 21.7 Å². The number of hydrogen-bond acceptors (Lipinski definition) is 7. The lowest BCUT2D eigenvalue weighted by atomic mass is 9.91. The highest BCUT2D eigenvalue weighted by atomic mass is 19.1. The molecule has 8 nitrogen and oxygen atoms in total. The number of carbonyl (C=O) groups is 1. The molecule has 0 spiro atoms. The van der Waals surface area contributed by atoms with E-state index in [1.807, 2.05) is 30.3 Å². The minimum absolute atomic E-state index is 0.0181. The number of benzene rings is 1. The number of nitrogens with one attached hydrogen (secondary N) is 2. The number of pyridine rings is 2. The van der Waals surface area contributed by atoms with E-state index in [0.29, 0.717) is 17.2 Å². The van der Waals surface area contributed by atoms with E-state index in [-0.39, 0.29) is 29.3 Å². The van der Waals surface area contributed by atoms with E-state index in [0.717, 1.165) is 31.7 Å². The summed E-state index contributed by atoms with van der Waals surface area (Å²) in [5.74, 6) is -0.199. The Morgan fingerprint density at radius 2 is 1.84 bits per heavy atom. The smallest absolute Gasteiger partial charge is 0.252 e. The van der Waals surface area contributed by atoms with Crippen molar-refractivity contribution < 1.29 is 13.9 Å². The van der Waals surface area contributed by atoms with Gasteiger partial charge in [-0.3, -0.25) is 9.78 Å². The van der Waals surface area contributed by atoms with Crippen LogP contribution in [0.25, 0.3) is 0 Å². The molecule has 1 saturated carbocycles. The van der Waals surface area contributed by atoms with Crippen molar-refractivity contribution in [3.63, 3.8) is 0 Å². The fraction of sp³-hybridized carbons (Fsp3) is 0.261. The quantitative estimate of drug-likeness (QED) is 0.442. The number of nitrogens with two attached hydrogens (primary N) is 2. The minimum Gasteiger partial charge on any atom is -0.456 e. The number of carbonyl (C=O) groups excluding carboxylic acids is 1. The van der Waals surface area contributed by atoms with Crippen molar-refractivity contribution in [1.29, 1.82) is 0 Å². The molecule has 0 unspecified atom stereocenters. The second-order valence-electron chi connectivity index (χ2n) is 7.73. The number of hydrogen-bond donors (Lipinski definition) is 4. The van der Waals surface area contributed by atoms with Crippen LogP contribution in [0.1, 0.15) is 36.0 Å². The zero-order valence-corrected chi connectivity index (χ0v) is 17.4. The summed E-state index contributed by atoms with van der Waals surface area (Å²) < 4.78 is 20.5. The van der Waals surface area contributed by atoms with Gasteiger partial charge >= 0.3 is 0 Å². The van der Waals surface area contributed by atoms with Crippen LogP contribution < -0.4 is 26.8 Å². The molecule has 166 valence electrons. The van der Waals surface area contributed by atoms with Gasteiger partial charge in [0.1, 0.15) is 17.3 Å². The van der Waals surface area contributed by atoms with Gasteiger partial charge in [-0.05, 0) is 31.0 Å². The van der Waals surface area contributed by atoms with Gasteiger partial charge in [0, 0.05) is 18.2 Å². The maximum atomic E-state index is 14.7. The van der Waals surface area contributed by atoms with Crippen LogP contribution >= 0.6 is 0 Å². The Hall–Kier alpha value is -3.72. The third-order valence-electron chi connectivity index (χ3n) is 5.34. The Labute approximate surface area is 185 Å². The van der Waals surface area contributed by atoms with Crippen LogP contribution in [0.15, 0.2) is 54.9 Å². The molecule has 0 radical (unpaired) electrons. The van der Waals surface area contributed by atoms with Gasteiger partial charge in [0.25, 0.3) is 5.91 Å². The topological polar surface area (TPSA) is 128 Å². The lowest BCUT2D eigenvalue weighted by molar-refractivity contribution is 0.100. The lowest BCUT2D eigenvalue weighted by Crippen LogP contribution is -2.43. The molecule has 0 bridgehead atoms. The van der Waals surface area contributed by atoms with Gasteiger partial charge in [-0.2, -0.15) is 0 Å². The van der Waals surface area contributed by atoms with E-state index in [1.165, 1.54) is 6.20 Å². The second kappa shape index (κ2) is 9.61. The number of nitrogens with zero attached hydrogens (tertiary/aromatic N) is 2. The Morgan fingerprint density at radius 1 is 1.06 bits per heavy atom. The third kappa shape index (κ3) is 5.12. The summed E-state index contributed by atoms with van der Waals surface area (Å²) in [5, 5.41) is 6.10. The van der Waals surface area contributed by atoms with Crippen molar-refractivity contribution in [2.75, 3.05) is 10.6 Å². The van der Waals surface area contributed by atoms with Crippen LogP contribution in [0.3, 0.4) is 0 Å². The van der Waals surface area contributed by atoms with E-state index in [1.54, 1.807) is 12.3 Å². The fourth-order valence-electron chi connectivity index (χ4n) is 3.69. The van der Waals surface area contributed by atoms with Gasteiger partial charge in [-0.1, -0.05) is 31.0 Å². The van der Waals surface area contributed by atoms with E-state index in [9.17, 15) is 9.18 Å². The molecule has 1 aliphatic rings. The fourth-order valence-corrected chi connectivity index (χ4v) is 3.69. The molecule has 6 N–H and O–H groups in total. The van der Waals surface area contributed by atoms with Crippen LogP contribution in [-0.2, 0) is 0 Å². The first-order chi connectivity index (χ1) is 15.5. The largest absolute Gasteiger partial charge is 0.456 e. The zero-order chi connectivity index (χ0) is 22.5. The molecule has 3 aromatic rings. The van der Waals surface area contributed by atoms with Crippen molar-refractivity contribution in [1.82, 2.24) is 9.97 Å². The number of amides is 1. The number of aromatic nitrogens is 2. The number of para-hydroxylation sites is 1. The average Bonchev–Trinajstić information content (AvgIpc) is 2.78. The summed E-state index contributed by atoms with van der Waals surface area (Å²) in [7, 11) is 0. The molecule has 32 heavy (non-hydrogen) atoms. The highest BCUT2D eigenvalue weighted by Gasteiger charge is 2.24. The first-order valence-electron chi connectivity index (χ1n) is 10.5. The van der Waals surface area contributed by atoms with Gasteiger partial charge in [0.2, 0.25) is 0 Å². The number of anilines is 3. The van der Waals surface area contributed by atoms with Gasteiger partial charge in [0.15, 0.2) is 11.6 Å². The molecule has 1 amide bonds. The SMILES string of the molecule is NC(=O)c1cc(F)c(N[C@@H]2CCCC[C@@H]2N)nc1Nc1cncc(Oc2ccccc2)c1. The van der Waals surface area contributed by atoms with Crippen LogP contribution in [0.2, 0.25) is 0 Å². The van der Waals surface area contributed by atoms with Crippen molar-refractivity contribution in [3.05, 3.63) is 66.2 Å². The van der Waals surface area contributed by atoms with E-state index >= 15 is 0 Å². The first kappa shape index (κ1) is 21.5. The van der Waals surface area contributed by atoms with Gasteiger partial charge in [0.05, 0.1) is 23.6 Å². The molecule has 1 aliphatic carbocycles. The van der Waals surface area contributed by atoms with Crippen LogP contribution in [-0.4, -0.2) is 28.0 Å². The van der Waals surface area contributed by atoms with E-state index < -0.39 is 11.7 Å². The van der Waals surface area contributed by atoms with Crippen LogP contribution in [0, 0.1) is 5.82 Å². The average molecular weight is 436 g/mol. The molecule has 2 aromatic heterocycles. The van der Waals surface area contributed by atoms with Crippen LogP contribution in [0.5, 0.6) is 11.5 Å². The summed E-state index contributed by atoms with van der Waals surface area (Å²) in [6.45, 7) is 0. The molecule has 1 aromatic carbocycles. The molecule has 2 atom stereocenters. The molecular formula is C23H25FN6O2. The van der Waals surface area contributed by atoms with Crippen molar-refractivity contribution in [2.45, 2.75) is 37.8 Å². The van der Waals surface area contributed by atoms with Crippen molar-refractivity contribution in [3.8, 4) is 11.5 Å². The minimum atomic E-state index is -0.801. The predicted molar refractivity (Wildman–Crippen MR) is 121 cm³/mol. The number of halogens is 1. The summed E-state index contributed by atoms with van der Waals surface area (Å²) in [6, 6.07) is 11.8. The molecule has 0 aliphatic heterocycles. The van der Waals surface area contributed by atoms with Crippen molar-refractivity contribution in [2.24, 2.45) is 11.5 Å². The Balaban J connectivity index is 1.59. The standard InChI is InChI=1S/C23H25FN6O2/c24-18-11-17(21(26)31)22(30-23(18)29-20-9-5-4-8-19(20)25)28-14-10-16(13-27-12-14)32-15-6-2-1-3-7-15/h1-3,6-7,10-13,19-20H,4-5,8-9,25H2,(H2,26,31)(H2,28,29,30)/t19-,20+/m0/s1. The number of ether oxygens (including phenoxy) is 1. The van der Waals surface area contributed by atoms with Gasteiger partial charge in [-0.25, -0.2) is 9.37 Å². The second-order valence-corrected chi connectivity index (χ2v) is 7.73. The monoisotopic (exact) mass is 436 g/mol. The van der Waals surface area contributed by atoms with Gasteiger partial charge < -0.3 is 26.8 Å². The highest BCUT2D eigenvalue weighted by molar-refractivity contribution is 5.98. The Kier molecular flexibility index (Phi) is 6.46. The first-order valence-corrected chi connectivity index (χ1v) is 10.5. The third-order valence-corrected chi connectivity index (χ3v) is 5.34. The lowest BCUT2D eigenvalue weighted by Gasteiger charge is -2.30. The number of primary amides is 1. The maximum Gasteiger partial charge on any atom is 0.252 e. The Bertz CT molecular complexity index is 1100. The normalized spacial score (nSPS) is 18.1. The Morgan fingerprint density at radius 3 is 2.59 bits per heavy atom. The molecule has 2 heterocycles. The summed E-state index contributed by atoms with van der Waals surface area (Å²) >= 11 is 0. The van der Waals surface area contributed by atoms with Crippen molar-refractivity contribution >= 4 is 23.2 Å². The molecular weight excluding hydrogens is 411 g/mol. The van der Waals surface area contributed by atoms with E-state index in [2.05, 4.69) is 20.6 Å². The summed E-state index contributed by atoms with van der Waals surface area (Å²) in [6.07, 6.45) is 6.85. The molecule has 9 heteroatoms. The predicted octanol–water partition coefficient (Wildman–Crippen LogP) is 3.93. The molecule has 1 fully saturated rings. The summed E-state index contributed by atoms with van der Waals surface area (Å²) in [5.41, 5.74) is 12.1. The van der Waals surface area contributed by atoms with E-state index in [4.69, 9.17) is 16.2 Å². The van der Waals surface area contributed by atoms with Gasteiger partial charge in [-0.15, -0.1) is 0 Å². The molecule has 4 rings (SSSR count). The number of rotatable bonds is 7. The summed E-state index contributed by atoms with van der Waals surface area (Å²) in [4.78, 5) is 20.4.